The summed E-state index contributed by atoms with van der Waals surface area (Å²) in [6.45, 7) is 8.59. The molecule has 2 unspecified atom stereocenters. The van der Waals surface area contributed by atoms with Gasteiger partial charge in [0.25, 0.3) is 5.91 Å². The van der Waals surface area contributed by atoms with Gasteiger partial charge in [-0.1, -0.05) is 78.4 Å². The van der Waals surface area contributed by atoms with Gasteiger partial charge in [-0.3, -0.25) is 14.6 Å². The molecule has 0 aliphatic carbocycles. The number of methoxy groups -OCH3 is 1. The first-order chi connectivity index (χ1) is 20.9. The molecule has 2 heterocycles. The zero-order valence-electron chi connectivity index (χ0n) is 25.7. The van der Waals surface area contributed by atoms with E-state index in [2.05, 4.69) is 0 Å². The molecule has 2 amide bonds. The largest absolute Gasteiger partial charge is 0.467 e. The van der Waals surface area contributed by atoms with Crippen molar-refractivity contribution in [2.24, 2.45) is 10.9 Å². The molecular weight excluding hydrogens is 560 g/mol. The second-order valence-corrected chi connectivity index (χ2v) is 12.0. The molecule has 0 saturated carbocycles. The Bertz CT molecular complexity index is 1640. The Morgan fingerprint density at radius 3 is 2.18 bits per heavy atom. The van der Waals surface area contributed by atoms with Gasteiger partial charge in [-0.25, -0.2) is 14.5 Å². The van der Waals surface area contributed by atoms with Crippen molar-refractivity contribution in [3.8, 4) is 0 Å². The molecule has 44 heavy (non-hydrogen) atoms. The van der Waals surface area contributed by atoms with Crippen LogP contribution in [-0.2, 0) is 40.4 Å². The normalized spacial score (nSPS) is 22.4. The summed E-state index contributed by atoms with van der Waals surface area (Å²) in [4.78, 5) is 63.4. The van der Waals surface area contributed by atoms with Crippen LogP contribution in [0.15, 0.2) is 83.9 Å². The van der Waals surface area contributed by atoms with E-state index in [1.807, 2.05) is 43.3 Å². The average Bonchev–Trinajstić information content (AvgIpc) is 3.43. The Kier molecular flexibility index (Phi) is 7.92. The van der Waals surface area contributed by atoms with Gasteiger partial charge in [-0.2, -0.15) is 0 Å². The van der Waals surface area contributed by atoms with Gasteiger partial charge in [0.05, 0.1) is 25.1 Å². The van der Waals surface area contributed by atoms with E-state index in [0.29, 0.717) is 16.7 Å². The van der Waals surface area contributed by atoms with Crippen molar-refractivity contribution in [2.75, 3.05) is 18.6 Å². The monoisotopic (exact) mass is 596 g/mol. The highest BCUT2D eigenvalue weighted by molar-refractivity contribution is 6.36. The number of carbonyl (C=O) groups excluding carboxylic acids is 4. The number of fused-ring (bicyclic) bond motifs is 2. The fourth-order valence-electron chi connectivity index (χ4n) is 6.35. The first-order valence-electron chi connectivity index (χ1n) is 14.5. The Hall–Kier alpha value is -4.79. The number of rotatable bonds is 6. The van der Waals surface area contributed by atoms with Crippen LogP contribution in [0.25, 0.3) is 0 Å². The van der Waals surface area contributed by atoms with Crippen molar-refractivity contribution < 1.29 is 33.4 Å². The highest BCUT2D eigenvalue weighted by Gasteiger charge is 2.74. The number of esters is 2. The molecular formula is C35H36N2O7. The van der Waals surface area contributed by atoms with Gasteiger partial charge in [0, 0.05) is 6.42 Å². The zero-order chi connectivity index (χ0) is 31.9. The van der Waals surface area contributed by atoms with Gasteiger partial charge in [-0.05, 0) is 57.4 Å². The molecule has 3 aromatic rings. The van der Waals surface area contributed by atoms with Crippen LogP contribution in [0, 0.1) is 12.8 Å². The van der Waals surface area contributed by atoms with E-state index in [1.54, 1.807) is 70.2 Å². The first kappa shape index (κ1) is 30.7. The van der Waals surface area contributed by atoms with Crippen LogP contribution in [0.3, 0.4) is 0 Å². The fourth-order valence-corrected chi connectivity index (χ4v) is 6.35. The summed E-state index contributed by atoms with van der Waals surface area (Å²) in [5, 5.41) is 0. The van der Waals surface area contributed by atoms with E-state index < -0.39 is 46.4 Å². The quantitative estimate of drug-likeness (QED) is 0.279. The Balaban J connectivity index is 1.90. The van der Waals surface area contributed by atoms with Crippen LogP contribution in [0.2, 0.25) is 0 Å². The summed E-state index contributed by atoms with van der Waals surface area (Å²) >= 11 is 0. The second-order valence-electron chi connectivity index (χ2n) is 12.0. The molecule has 9 nitrogen and oxygen atoms in total. The summed E-state index contributed by atoms with van der Waals surface area (Å²) in [7, 11) is 1.22. The molecule has 0 aromatic heterocycles. The van der Waals surface area contributed by atoms with E-state index in [9.17, 15) is 14.4 Å². The Labute approximate surface area is 256 Å². The number of aliphatic imine (C=N–C) groups is 1. The van der Waals surface area contributed by atoms with Gasteiger partial charge >= 0.3 is 18.0 Å². The first-order valence-corrected chi connectivity index (χ1v) is 14.5. The van der Waals surface area contributed by atoms with Crippen molar-refractivity contribution in [2.45, 2.75) is 57.6 Å². The summed E-state index contributed by atoms with van der Waals surface area (Å²) in [5.74, 6) is -3.90. The molecule has 0 saturated heterocycles. The van der Waals surface area contributed by atoms with Crippen molar-refractivity contribution in [3.63, 3.8) is 0 Å². The van der Waals surface area contributed by atoms with Crippen LogP contribution in [0.1, 0.15) is 49.9 Å². The predicted molar refractivity (Wildman–Crippen MR) is 165 cm³/mol. The highest BCUT2D eigenvalue weighted by Crippen LogP contribution is 2.58. The molecule has 228 valence electrons. The average molecular weight is 597 g/mol. The number of carbonyl (C=O) groups is 4. The maximum atomic E-state index is 15.2. The van der Waals surface area contributed by atoms with Gasteiger partial charge < -0.3 is 14.2 Å². The number of aryl methyl sites for hydroxylation is 1. The van der Waals surface area contributed by atoms with E-state index in [-0.39, 0.29) is 24.4 Å². The van der Waals surface area contributed by atoms with E-state index >= 15 is 4.79 Å². The van der Waals surface area contributed by atoms with E-state index in [1.165, 1.54) is 7.11 Å². The molecule has 0 fully saturated rings. The number of hydrogen-bond acceptors (Lipinski definition) is 8. The summed E-state index contributed by atoms with van der Waals surface area (Å²) in [6, 6.07) is 23.2. The molecule has 2 aliphatic rings. The maximum absolute atomic E-state index is 15.2. The van der Waals surface area contributed by atoms with E-state index in [4.69, 9.17) is 19.2 Å². The number of ether oxygens (including phenoxy) is 3. The van der Waals surface area contributed by atoms with Crippen LogP contribution >= 0.6 is 0 Å². The molecule has 2 aliphatic heterocycles. The standard InChI is InChI=1S/C35H36N2O7/c1-7-43-29(38)27-34(31(40)42-6,21-23-14-10-8-11-15-23)36-28(24-16-12-9-13-17-24)35(27)25-20-22(2)18-19-26(25)37(30(35)39)32(41)44-33(3,4)5/h8-20,27H,7,21H2,1-6H3/t27?,34-,35?/m0/s1. The smallest absolute Gasteiger partial charge is 0.421 e. The molecule has 0 bridgehead atoms. The minimum atomic E-state index is -1.94. The minimum absolute atomic E-state index is 0.0146. The molecule has 5 rings (SSSR count). The number of imide groups is 1. The third-order valence-corrected chi connectivity index (χ3v) is 7.95. The van der Waals surface area contributed by atoms with Crippen molar-refractivity contribution >= 4 is 35.3 Å². The van der Waals surface area contributed by atoms with Crippen LogP contribution < -0.4 is 4.90 Å². The van der Waals surface area contributed by atoms with Crippen molar-refractivity contribution in [1.82, 2.24) is 0 Å². The number of hydrogen-bond donors (Lipinski definition) is 0. The molecule has 0 N–H and O–H groups in total. The molecule has 9 heteroatoms. The summed E-state index contributed by atoms with van der Waals surface area (Å²) < 4.78 is 16.7. The Morgan fingerprint density at radius 1 is 0.955 bits per heavy atom. The third-order valence-electron chi connectivity index (χ3n) is 7.95. The van der Waals surface area contributed by atoms with Crippen LogP contribution in [0.5, 0.6) is 0 Å². The highest BCUT2D eigenvalue weighted by atomic mass is 16.6. The lowest BCUT2D eigenvalue weighted by molar-refractivity contribution is -0.162. The van der Waals surface area contributed by atoms with Crippen molar-refractivity contribution in [3.05, 3.63) is 101 Å². The number of amides is 2. The number of benzene rings is 3. The van der Waals surface area contributed by atoms with E-state index in [0.717, 1.165) is 10.5 Å². The molecule has 0 radical (unpaired) electrons. The van der Waals surface area contributed by atoms with Gasteiger partial charge in [0.2, 0.25) is 0 Å². The summed E-state index contributed by atoms with van der Waals surface area (Å²) in [6.07, 6.45) is -0.971. The molecule has 3 atom stereocenters. The fraction of sp³-hybridized carbons (Fsp3) is 0.343. The zero-order valence-corrected chi connectivity index (χ0v) is 25.7. The van der Waals surface area contributed by atoms with Gasteiger partial charge in [-0.15, -0.1) is 0 Å². The topological polar surface area (TPSA) is 112 Å². The second kappa shape index (κ2) is 11.4. The predicted octanol–water partition coefficient (Wildman–Crippen LogP) is 5.35. The lowest BCUT2D eigenvalue weighted by Gasteiger charge is -2.37. The molecule has 3 aromatic carbocycles. The summed E-state index contributed by atoms with van der Waals surface area (Å²) in [5.41, 5.74) is -2.04. The number of anilines is 1. The number of nitrogens with zero attached hydrogens (tertiary/aromatic N) is 2. The lowest BCUT2D eigenvalue weighted by atomic mass is 9.61. The van der Waals surface area contributed by atoms with Crippen LogP contribution in [-0.4, -0.2) is 54.5 Å². The van der Waals surface area contributed by atoms with Crippen LogP contribution in [0.4, 0.5) is 10.5 Å². The molecule has 1 spiro atoms. The maximum Gasteiger partial charge on any atom is 0.421 e. The third kappa shape index (κ3) is 4.86. The Morgan fingerprint density at radius 2 is 1.59 bits per heavy atom. The van der Waals surface area contributed by atoms with Gasteiger partial charge in [0.1, 0.15) is 16.9 Å². The lowest BCUT2D eigenvalue weighted by Crippen LogP contribution is -2.60. The minimum Gasteiger partial charge on any atom is -0.467 e. The van der Waals surface area contributed by atoms with Crippen molar-refractivity contribution in [1.29, 1.82) is 0 Å². The SMILES string of the molecule is CCOC(=O)C1C2(C(=O)N(C(=O)OC(C)(C)C)c3ccc(C)cc32)C(c2ccccc2)=N[C@]1(Cc1ccccc1)C(=O)OC. The van der Waals surface area contributed by atoms with Gasteiger partial charge in [0.15, 0.2) is 5.54 Å².